The Bertz CT molecular complexity index is 8110. The first kappa shape index (κ1) is 72.8. The zero-order valence-corrected chi connectivity index (χ0v) is 75.8. The van der Waals surface area contributed by atoms with Gasteiger partial charge in [-0.05, 0) is 227 Å². The van der Waals surface area contributed by atoms with E-state index < -0.39 is 17.5 Å². The third-order valence-electron chi connectivity index (χ3n) is 27.7. The van der Waals surface area contributed by atoms with E-state index in [9.17, 15) is 8.22 Å². The summed E-state index contributed by atoms with van der Waals surface area (Å²) in [5, 5.41) is 8.16. The number of hydrogen-bond acceptors (Lipinski definition) is 2. The lowest BCUT2D eigenvalue weighted by Crippen LogP contribution is -2.61. The Hall–Kier alpha value is -15.2. The molecule has 22 aromatic rings. The van der Waals surface area contributed by atoms with Crippen LogP contribution >= 0.6 is 0 Å². The van der Waals surface area contributed by atoms with E-state index in [0.29, 0.717) is 39.1 Å². The molecule has 2 aliphatic heterocycles. The summed E-state index contributed by atoms with van der Waals surface area (Å²) in [5.41, 5.74) is 26.1. The molecule has 18 aromatic carbocycles. The summed E-state index contributed by atoms with van der Waals surface area (Å²) in [6.45, 7) is 26.1. The maximum Gasteiger partial charge on any atom is 0.252 e. The van der Waals surface area contributed by atoms with E-state index in [0.717, 1.165) is 188 Å². The molecule has 2 aliphatic rings. The van der Waals surface area contributed by atoms with E-state index in [-0.39, 0.29) is 58.5 Å². The highest BCUT2D eigenvalue weighted by Gasteiger charge is 2.47. The van der Waals surface area contributed by atoms with Crippen molar-refractivity contribution in [2.24, 2.45) is 0 Å². The Morgan fingerprint density at radius 3 is 0.763 bits per heavy atom. The molecule has 0 saturated heterocycles. The van der Waals surface area contributed by atoms with Crippen molar-refractivity contribution in [3.8, 4) is 78.4 Å². The number of para-hydroxylation sites is 6. The van der Waals surface area contributed by atoms with Crippen LogP contribution in [0.5, 0.6) is 0 Å². The van der Waals surface area contributed by atoms with Crippen LogP contribution in [-0.4, -0.2) is 25.0 Å². The van der Waals surface area contributed by atoms with E-state index in [1.807, 2.05) is 12.1 Å². The first-order valence-corrected chi connectivity index (χ1v) is 45.9. The van der Waals surface area contributed by atoms with Crippen LogP contribution in [0, 0.1) is 0 Å². The molecule has 0 fully saturated rings. The summed E-state index contributed by atoms with van der Waals surface area (Å²) in [6.07, 6.45) is 0. The van der Waals surface area contributed by atoms with Gasteiger partial charge in [-0.25, -0.2) is 0 Å². The van der Waals surface area contributed by atoms with Crippen molar-refractivity contribution in [3.63, 3.8) is 0 Å². The highest BCUT2D eigenvalue weighted by Crippen LogP contribution is 2.57. The molecule has 0 atom stereocenters. The summed E-state index contributed by atoms with van der Waals surface area (Å²) in [5.74, 6) is 0. The summed E-state index contributed by atoms with van der Waals surface area (Å²) in [6, 6.07) is 127. The Kier molecular flexibility index (Phi) is 16.5. The number of nitrogens with zero attached hydrogens (tertiary/aromatic N) is 6. The van der Waals surface area contributed by atoms with Crippen LogP contribution < -0.4 is 26.2 Å². The molecule has 24 rings (SSSR count). The molecule has 0 spiro atoms. The van der Waals surface area contributed by atoms with Gasteiger partial charge in [0.05, 0.1) is 63.7 Å². The van der Waals surface area contributed by atoms with Crippen LogP contribution in [0.15, 0.2) is 394 Å². The van der Waals surface area contributed by atoms with Gasteiger partial charge in [-0.15, -0.1) is 0 Å². The third-order valence-corrected chi connectivity index (χ3v) is 27.7. The highest BCUT2D eigenvalue weighted by atomic mass is 15.2. The van der Waals surface area contributed by atoms with E-state index in [4.69, 9.17) is 0 Å². The fourth-order valence-electron chi connectivity index (χ4n) is 21.1. The van der Waals surface area contributed by atoms with Gasteiger partial charge in [0.15, 0.2) is 0 Å². The van der Waals surface area contributed by atoms with Gasteiger partial charge in [-0.3, -0.25) is 0 Å². The second-order valence-corrected chi connectivity index (χ2v) is 40.0. The molecule has 6 heterocycles. The van der Waals surface area contributed by atoms with Crippen molar-refractivity contribution in [3.05, 3.63) is 416 Å². The smallest absolute Gasteiger partial charge is 0.252 e. The lowest BCUT2D eigenvalue weighted by Gasteiger charge is -2.46. The molecule has 0 unspecified atom stereocenters. The fourth-order valence-corrected chi connectivity index (χ4v) is 21.1. The number of aromatic nitrogens is 4. The molecule has 0 bridgehead atoms. The maximum atomic E-state index is 12.3. The summed E-state index contributed by atoms with van der Waals surface area (Å²) >= 11 is 0. The average molecular weight is 1690 g/mol. The second-order valence-electron chi connectivity index (χ2n) is 40.0. The molecule has 131 heavy (non-hydrogen) atoms. The third kappa shape index (κ3) is 12.7. The minimum absolute atomic E-state index is 0.0271. The lowest BCUT2D eigenvalue weighted by atomic mass is 9.33. The summed E-state index contributed by atoms with van der Waals surface area (Å²) in [7, 11) is 0. The van der Waals surface area contributed by atoms with Crippen LogP contribution in [0.1, 0.15) is 114 Å². The van der Waals surface area contributed by atoms with Crippen LogP contribution in [0.4, 0.5) is 34.1 Å². The SMILES string of the molecule is [2H]c1c([2H])c(-n2c3ccccc3c3cc(-n4c5ccccc5c5ccccc54)ccc32)c([2H])c2c1B1c3c(cc(-c4cc(C(C)(C)C)cc(C(C)(C)C)c4)cc3N(c3c(-c4ccccc4)cc(C(C)(C)C)cc3-c3ccccc3)c3c([2H])c(-n4c5ccccc5c5cc(-n6c7ccccc7c7ccccc76)ccc54)c([2H])c([2H])c31)N2c1c(-c2ccccc2)cc(C(C)(C)C)cc1-c1ccccc1. The minimum Gasteiger partial charge on any atom is -0.310 e. The van der Waals surface area contributed by atoms with Crippen molar-refractivity contribution in [1.82, 2.24) is 18.3 Å². The number of hydrogen-bond donors (Lipinski definition) is 0. The summed E-state index contributed by atoms with van der Waals surface area (Å²) < 4.78 is 80.4. The number of rotatable bonds is 11. The topological polar surface area (TPSA) is 26.2 Å². The first-order valence-electron chi connectivity index (χ1n) is 48.9. The van der Waals surface area contributed by atoms with Crippen LogP contribution in [-0.2, 0) is 21.7 Å². The monoisotopic (exact) mass is 1690 g/mol. The average Bonchev–Trinajstić information content (AvgIpc) is 0.989. The van der Waals surface area contributed by atoms with Crippen molar-refractivity contribution < 1.29 is 8.22 Å². The van der Waals surface area contributed by atoms with Crippen molar-refractivity contribution >= 4 is 144 Å². The van der Waals surface area contributed by atoms with Gasteiger partial charge in [0.2, 0.25) is 0 Å². The Morgan fingerprint density at radius 2 is 0.466 bits per heavy atom. The number of anilines is 6. The van der Waals surface area contributed by atoms with E-state index in [2.05, 4.69) is 457 Å². The van der Waals surface area contributed by atoms with Gasteiger partial charge in [0.25, 0.3) is 6.71 Å². The number of fused-ring (bicyclic) bond motifs is 16. The predicted octanol–water partition coefficient (Wildman–Crippen LogP) is 31.7. The van der Waals surface area contributed by atoms with Crippen molar-refractivity contribution in [2.45, 2.75) is 105 Å². The molecular formula is C124H101BN6. The zero-order chi connectivity index (χ0) is 94.1. The van der Waals surface area contributed by atoms with Gasteiger partial charge in [-0.2, -0.15) is 0 Å². The molecule has 7 heteroatoms. The fraction of sp³-hybridized carbons (Fsp3) is 0.129. The Balaban J connectivity index is 0.902. The molecular weight excluding hydrogens is 1580 g/mol. The maximum absolute atomic E-state index is 12.3. The Labute approximate surface area is 775 Å². The van der Waals surface area contributed by atoms with Crippen LogP contribution in [0.3, 0.4) is 0 Å². The molecule has 0 aliphatic carbocycles. The van der Waals surface area contributed by atoms with Gasteiger partial charge in [0, 0.05) is 111 Å². The quantitative estimate of drug-likeness (QED) is 0.121. The molecule has 0 saturated carbocycles. The minimum atomic E-state index is -1.23. The van der Waals surface area contributed by atoms with Crippen molar-refractivity contribution in [1.29, 1.82) is 0 Å². The first-order chi connectivity index (χ1) is 66.1. The van der Waals surface area contributed by atoms with Crippen LogP contribution in [0.2, 0.25) is 0 Å². The second kappa shape index (κ2) is 29.7. The van der Waals surface area contributed by atoms with Gasteiger partial charge < -0.3 is 28.1 Å². The predicted molar refractivity (Wildman–Crippen MR) is 560 cm³/mol. The van der Waals surface area contributed by atoms with E-state index in [1.54, 1.807) is 0 Å². The molecule has 630 valence electrons. The molecule has 6 nitrogen and oxygen atoms in total. The van der Waals surface area contributed by atoms with Crippen LogP contribution in [0.25, 0.3) is 166 Å². The standard InChI is InChI=1S/C124H101BN6/c1-121(2,3)84-65-82(66-85(69-84)122(4,5)6)83-67-116-118-117(68-83)131(120-100(80-41-21-15-22-42-80)72-87(124(10,11)12)73-101(120)81-43-23-16-24-44-81)115-77-91(129-111-56-36-30-50-97(111)103-75-89(60-64-113(103)129)127-108-53-33-27-47-94(108)95-48-28-34-54-109(95)127)58-62-105(115)125(118)104-61-57-90(76-114(104)130(116)119-98(78-37-17-13-18-38-78)70-86(123(7,8)9)71-99(119)79-39-19-14-20-40-79)128-110-55-35-29-49-96(110)102-74-88(59-63-112(102)128)126-106-51-31-25-45-92(106)93-46-26-32-52-107(93)126/h13-77H,1-12H3/i57D,58D,61D,62D,76D,77D. The molecule has 0 amide bonds. The lowest BCUT2D eigenvalue weighted by molar-refractivity contribution is 0.569. The summed E-state index contributed by atoms with van der Waals surface area (Å²) in [4.78, 5) is 4.63. The molecule has 0 N–H and O–H groups in total. The van der Waals surface area contributed by atoms with E-state index >= 15 is 0 Å². The van der Waals surface area contributed by atoms with Gasteiger partial charge in [-0.1, -0.05) is 344 Å². The van der Waals surface area contributed by atoms with E-state index in [1.165, 1.54) is 0 Å². The van der Waals surface area contributed by atoms with Gasteiger partial charge in [0.1, 0.15) is 0 Å². The van der Waals surface area contributed by atoms with Gasteiger partial charge >= 0.3 is 0 Å². The Morgan fingerprint density at radius 1 is 0.214 bits per heavy atom. The molecule has 4 aromatic heterocycles. The zero-order valence-electron chi connectivity index (χ0n) is 81.8. The number of benzene rings is 18. The highest BCUT2D eigenvalue weighted by molar-refractivity contribution is 7.00. The normalized spacial score (nSPS) is 13.6. The van der Waals surface area contributed by atoms with Crippen molar-refractivity contribution in [2.75, 3.05) is 9.80 Å². The molecule has 0 radical (unpaired) electrons. The largest absolute Gasteiger partial charge is 0.310 e.